The van der Waals surface area contributed by atoms with Gasteiger partial charge in [0.25, 0.3) is 0 Å². The number of carbonyl (C=O) groups is 1. The third kappa shape index (κ3) is 21.2. The first-order valence-corrected chi connectivity index (χ1v) is 10.3. The number of ether oxygens (including phenoxy) is 1. The molecule has 0 radical (unpaired) electrons. The molecular formula is C24H40MgO3. The monoisotopic (exact) mass is 400 g/mol. The second kappa shape index (κ2) is 23.9. The molecule has 0 saturated carbocycles. The fourth-order valence-corrected chi connectivity index (χ4v) is 2.32. The van der Waals surface area contributed by atoms with Gasteiger partial charge in [0, 0.05) is 6.61 Å². The Hall–Kier alpha value is -1.10. The minimum atomic E-state index is -0.865. The molecule has 0 rings (SSSR count). The molecule has 0 fully saturated rings. The molecule has 4 heteroatoms. The van der Waals surface area contributed by atoms with Crippen LogP contribution >= 0.6 is 0 Å². The van der Waals surface area contributed by atoms with E-state index in [-0.39, 0.29) is 25.9 Å². The average Bonchev–Trinajstić information content (AvgIpc) is 2.66. The van der Waals surface area contributed by atoms with E-state index in [0.29, 0.717) is 13.0 Å². The van der Waals surface area contributed by atoms with Crippen molar-refractivity contribution >= 4 is 29.0 Å². The first-order valence-electron chi connectivity index (χ1n) is 10.3. The number of aliphatic carboxylic acids is 1. The number of hydrogen-bond acceptors (Lipinski definition) is 2. The van der Waals surface area contributed by atoms with Gasteiger partial charge in [0.05, 0.1) is 0 Å². The molecule has 0 aliphatic carbocycles. The van der Waals surface area contributed by atoms with Gasteiger partial charge in [0.15, 0.2) is 6.10 Å². The van der Waals surface area contributed by atoms with Crippen LogP contribution in [-0.2, 0) is 9.53 Å². The van der Waals surface area contributed by atoms with Crippen molar-refractivity contribution in [3.8, 4) is 0 Å². The van der Waals surface area contributed by atoms with Gasteiger partial charge >= 0.3 is 29.0 Å². The topological polar surface area (TPSA) is 46.5 Å². The van der Waals surface area contributed by atoms with Gasteiger partial charge in [-0.1, -0.05) is 74.6 Å². The van der Waals surface area contributed by atoms with Gasteiger partial charge in [0.2, 0.25) is 0 Å². The Morgan fingerprint density at radius 2 is 1.29 bits per heavy atom. The molecule has 156 valence electrons. The van der Waals surface area contributed by atoms with Gasteiger partial charge in [-0.25, -0.2) is 4.79 Å². The van der Waals surface area contributed by atoms with Crippen LogP contribution in [0.3, 0.4) is 0 Å². The van der Waals surface area contributed by atoms with Crippen molar-refractivity contribution in [2.45, 2.75) is 77.7 Å². The standard InChI is InChI=1S/C24H38O3.Mg.2H/c1-3-5-6-7-8-9-10-11-12-13-14-15-16-17-18-19-20-21-22-27-23(4-2)24(25)26;;;/h5-6,8-9,11-12,14-15,17-18,23H,3-4,7,10,13,16,19-22H2,1-2H3,(H,25,26);;;/q;+2;2*-1/b6-5-,9-8-,12-11-,15-14-,18-17-;;;. The van der Waals surface area contributed by atoms with E-state index in [1.807, 2.05) is 6.92 Å². The number of carboxylic acid groups (broad SMARTS) is 1. The molecule has 1 N–H and O–H groups in total. The fourth-order valence-electron chi connectivity index (χ4n) is 2.32. The Balaban J connectivity index is -0.00000113. The molecule has 3 nitrogen and oxygen atoms in total. The van der Waals surface area contributed by atoms with Crippen LogP contribution in [0.15, 0.2) is 60.8 Å². The van der Waals surface area contributed by atoms with Crippen LogP contribution in [0.2, 0.25) is 0 Å². The zero-order chi connectivity index (χ0) is 20.0. The Kier molecular flexibility index (Phi) is 24.9. The van der Waals surface area contributed by atoms with E-state index >= 15 is 0 Å². The summed E-state index contributed by atoms with van der Waals surface area (Å²) in [6.45, 7) is 4.50. The number of unbranched alkanes of at least 4 members (excludes halogenated alkanes) is 2. The summed E-state index contributed by atoms with van der Waals surface area (Å²) in [4.78, 5) is 10.8. The van der Waals surface area contributed by atoms with Crippen molar-refractivity contribution in [3.63, 3.8) is 0 Å². The van der Waals surface area contributed by atoms with Crippen molar-refractivity contribution in [2.24, 2.45) is 0 Å². The predicted octanol–water partition coefficient (Wildman–Crippen LogP) is 6.63. The van der Waals surface area contributed by atoms with Crippen LogP contribution in [0.1, 0.15) is 74.5 Å². The van der Waals surface area contributed by atoms with Crippen molar-refractivity contribution in [2.75, 3.05) is 6.61 Å². The SMILES string of the molecule is CC/C=C\C/C=C\C/C=C\C/C=C\C/C=C\CCCCOC(CC)C(=O)O.[H-].[H-].[Mg+2]. The molecular weight excluding hydrogens is 361 g/mol. The van der Waals surface area contributed by atoms with Crippen LogP contribution in [0.5, 0.6) is 0 Å². The summed E-state index contributed by atoms with van der Waals surface area (Å²) < 4.78 is 5.33. The first-order chi connectivity index (χ1) is 13.2. The summed E-state index contributed by atoms with van der Waals surface area (Å²) >= 11 is 0. The van der Waals surface area contributed by atoms with Crippen molar-refractivity contribution in [1.82, 2.24) is 0 Å². The van der Waals surface area contributed by atoms with E-state index in [2.05, 4.69) is 67.7 Å². The predicted molar refractivity (Wildman–Crippen MR) is 124 cm³/mol. The molecule has 28 heavy (non-hydrogen) atoms. The molecule has 0 aromatic heterocycles. The molecule has 0 heterocycles. The van der Waals surface area contributed by atoms with E-state index in [4.69, 9.17) is 9.84 Å². The Morgan fingerprint density at radius 3 is 1.71 bits per heavy atom. The molecule has 0 spiro atoms. The summed E-state index contributed by atoms with van der Waals surface area (Å²) in [6, 6.07) is 0. The molecule has 0 amide bonds. The van der Waals surface area contributed by atoms with Crippen LogP contribution in [-0.4, -0.2) is 46.8 Å². The van der Waals surface area contributed by atoms with Crippen molar-refractivity contribution in [1.29, 1.82) is 0 Å². The molecule has 0 bridgehead atoms. The summed E-state index contributed by atoms with van der Waals surface area (Å²) in [5.41, 5.74) is 0. The molecule has 1 atom stereocenters. The van der Waals surface area contributed by atoms with Gasteiger partial charge in [0.1, 0.15) is 0 Å². The Morgan fingerprint density at radius 1 is 0.821 bits per heavy atom. The summed E-state index contributed by atoms with van der Waals surface area (Å²) in [7, 11) is 0. The van der Waals surface area contributed by atoms with Gasteiger partial charge in [-0.05, 0) is 57.8 Å². The van der Waals surface area contributed by atoms with Crippen molar-refractivity contribution < 1.29 is 17.5 Å². The second-order valence-electron chi connectivity index (χ2n) is 6.31. The molecule has 0 aromatic carbocycles. The Bertz CT molecular complexity index is 501. The Labute approximate surface area is 191 Å². The molecule has 0 aromatic rings. The van der Waals surface area contributed by atoms with E-state index in [9.17, 15) is 4.79 Å². The van der Waals surface area contributed by atoms with E-state index in [1.54, 1.807) is 0 Å². The third-order valence-corrected chi connectivity index (χ3v) is 3.89. The van der Waals surface area contributed by atoms with E-state index in [1.165, 1.54) is 0 Å². The zero-order valence-corrected chi connectivity index (χ0v) is 19.3. The van der Waals surface area contributed by atoms with Crippen LogP contribution in [0, 0.1) is 0 Å². The van der Waals surface area contributed by atoms with Gasteiger partial charge in [-0.2, -0.15) is 0 Å². The maximum atomic E-state index is 10.8. The van der Waals surface area contributed by atoms with Crippen LogP contribution in [0.4, 0.5) is 0 Å². The van der Waals surface area contributed by atoms with Gasteiger partial charge in [-0.15, -0.1) is 0 Å². The van der Waals surface area contributed by atoms with Crippen molar-refractivity contribution in [3.05, 3.63) is 60.8 Å². The maximum absolute atomic E-state index is 10.8. The quantitative estimate of drug-likeness (QED) is 0.169. The molecule has 0 aliphatic rings. The number of hydrogen-bond donors (Lipinski definition) is 1. The summed E-state index contributed by atoms with van der Waals surface area (Å²) in [5.74, 6) is -0.865. The van der Waals surface area contributed by atoms with Gasteiger partial charge in [-0.3, -0.25) is 0 Å². The fraction of sp³-hybridized carbons (Fsp3) is 0.542. The average molecular weight is 401 g/mol. The second-order valence-corrected chi connectivity index (χ2v) is 6.31. The normalized spacial score (nSPS) is 13.4. The summed E-state index contributed by atoms with van der Waals surface area (Å²) in [6.07, 6.45) is 29.9. The first kappa shape index (κ1) is 29.1. The third-order valence-electron chi connectivity index (χ3n) is 3.89. The summed E-state index contributed by atoms with van der Waals surface area (Å²) in [5, 5.41) is 8.87. The molecule has 1 unspecified atom stereocenters. The minimum absolute atomic E-state index is 0. The number of rotatable bonds is 17. The van der Waals surface area contributed by atoms with E-state index in [0.717, 1.165) is 51.4 Å². The smallest absolute Gasteiger partial charge is 1.00 e. The molecule has 0 aliphatic heterocycles. The zero-order valence-electron chi connectivity index (χ0n) is 19.9. The van der Waals surface area contributed by atoms with Crippen LogP contribution in [0.25, 0.3) is 0 Å². The van der Waals surface area contributed by atoms with Crippen LogP contribution < -0.4 is 0 Å². The molecule has 0 saturated heterocycles. The van der Waals surface area contributed by atoms with Gasteiger partial charge < -0.3 is 12.7 Å². The maximum Gasteiger partial charge on any atom is 2.00 e. The number of carboxylic acids is 1. The largest absolute Gasteiger partial charge is 2.00 e. The minimum Gasteiger partial charge on any atom is -1.00 e. The van der Waals surface area contributed by atoms with E-state index < -0.39 is 12.1 Å². The number of allylic oxidation sites excluding steroid dienone is 10.